The van der Waals surface area contributed by atoms with Gasteiger partial charge in [0.15, 0.2) is 0 Å². The summed E-state index contributed by atoms with van der Waals surface area (Å²) in [5.74, 6) is 1.08. The Bertz CT molecular complexity index is 114. The van der Waals surface area contributed by atoms with Crippen LogP contribution in [0.4, 0.5) is 0 Å². The third-order valence-corrected chi connectivity index (χ3v) is 3.72. The lowest BCUT2D eigenvalue weighted by molar-refractivity contribution is 0.392. The van der Waals surface area contributed by atoms with Crippen LogP contribution < -0.4 is 0 Å². The molecule has 0 aromatic carbocycles. The van der Waals surface area contributed by atoms with Crippen molar-refractivity contribution >= 4 is 18.9 Å². The SMILES string of the molecule is C[B]C(Cl)(C(C)C)C(C)CC. The molecular formula is C9H19BCl. The maximum atomic E-state index is 6.45. The molecule has 1 radical (unpaired) electrons. The molecule has 11 heavy (non-hydrogen) atoms. The van der Waals surface area contributed by atoms with Crippen molar-refractivity contribution in [2.24, 2.45) is 11.8 Å². The molecule has 2 heteroatoms. The Balaban J connectivity index is 4.32. The van der Waals surface area contributed by atoms with Crippen molar-refractivity contribution in [1.29, 1.82) is 0 Å². The lowest BCUT2D eigenvalue weighted by atomic mass is 9.55. The van der Waals surface area contributed by atoms with Gasteiger partial charge in [0, 0.05) is 4.77 Å². The topological polar surface area (TPSA) is 0 Å². The Hall–Kier alpha value is 0.355. The van der Waals surface area contributed by atoms with Gasteiger partial charge in [0.1, 0.15) is 7.28 Å². The predicted octanol–water partition coefficient (Wildman–Crippen LogP) is 3.38. The molecule has 2 unspecified atom stereocenters. The van der Waals surface area contributed by atoms with Gasteiger partial charge < -0.3 is 0 Å². The Morgan fingerprint density at radius 1 is 1.36 bits per heavy atom. The fourth-order valence-corrected chi connectivity index (χ4v) is 1.65. The van der Waals surface area contributed by atoms with E-state index in [1.54, 1.807) is 0 Å². The van der Waals surface area contributed by atoms with Crippen molar-refractivity contribution in [3.63, 3.8) is 0 Å². The van der Waals surface area contributed by atoms with Crippen LogP contribution in [0, 0.1) is 11.8 Å². The normalized spacial score (nSPS) is 19.5. The third-order valence-electron chi connectivity index (χ3n) is 2.69. The summed E-state index contributed by atoms with van der Waals surface area (Å²) in [6.07, 6.45) is 1.14. The number of alkyl halides is 1. The first kappa shape index (κ1) is 11.4. The van der Waals surface area contributed by atoms with Gasteiger partial charge in [-0.15, -0.1) is 11.6 Å². The van der Waals surface area contributed by atoms with Crippen LogP contribution in [0.3, 0.4) is 0 Å². The van der Waals surface area contributed by atoms with Crippen LogP contribution in [0.1, 0.15) is 34.1 Å². The van der Waals surface area contributed by atoms with E-state index >= 15 is 0 Å². The molecule has 0 aliphatic rings. The highest BCUT2D eigenvalue weighted by Crippen LogP contribution is 2.34. The van der Waals surface area contributed by atoms with Crippen molar-refractivity contribution in [2.45, 2.75) is 45.7 Å². The van der Waals surface area contributed by atoms with Crippen molar-refractivity contribution in [2.75, 3.05) is 0 Å². The summed E-state index contributed by atoms with van der Waals surface area (Å²) in [7, 11) is 2.13. The summed E-state index contributed by atoms with van der Waals surface area (Å²) in [5, 5.41) is 0. The molecule has 0 spiro atoms. The molecule has 0 N–H and O–H groups in total. The van der Waals surface area contributed by atoms with Crippen LogP contribution in [0.25, 0.3) is 0 Å². The molecule has 0 bridgehead atoms. The van der Waals surface area contributed by atoms with Gasteiger partial charge >= 0.3 is 0 Å². The maximum Gasteiger partial charge on any atom is 0.135 e. The minimum atomic E-state index is -0.102. The Labute approximate surface area is 76.9 Å². The van der Waals surface area contributed by atoms with Gasteiger partial charge in [0.2, 0.25) is 0 Å². The van der Waals surface area contributed by atoms with Crippen LogP contribution >= 0.6 is 11.6 Å². The zero-order valence-corrected chi connectivity index (χ0v) is 9.07. The average molecular weight is 174 g/mol. The number of hydrogen-bond donors (Lipinski definition) is 0. The molecule has 0 heterocycles. The van der Waals surface area contributed by atoms with E-state index in [-0.39, 0.29) is 4.77 Å². The van der Waals surface area contributed by atoms with E-state index in [1.807, 2.05) is 0 Å². The second-order valence-electron chi connectivity index (χ2n) is 3.58. The molecule has 0 fully saturated rings. The highest BCUT2D eigenvalue weighted by Gasteiger charge is 2.34. The van der Waals surface area contributed by atoms with Crippen molar-refractivity contribution in [3.05, 3.63) is 0 Å². The summed E-state index contributed by atoms with van der Waals surface area (Å²) < 4.78 is -0.102. The molecule has 0 aliphatic carbocycles. The highest BCUT2D eigenvalue weighted by molar-refractivity contribution is 6.56. The number of rotatable bonds is 4. The van der Waals surface area contributed by atoms with Gasteiger partial charge in [-0.25, -0.2) is 0 Å². The van der Waals surface area contributed by atoms with Gasteiger partial charge in [-0.05, 0) is 11.8 Å². The van der Waals surface area contributed by atoms with Crippen LogP contribution in [-0.4, -0.2) is 12.1 Å². The standard InChI is InChI=1S/C9H19BCl/c1-6-8(4)9(11,10-5)7(2)3/h7-8H,6H2,1-5H3. The molecule has 0 saturated carbocycles. The van der Waals surface area contributed by atoms with E-state index in [4.69, 9.17) is 11.6 Å². The number of halogens is 1. The molecule has 0 rings (SSSR count). The fourth-order valence-electron chi connectivity index (χ4n) is 1.50. The summed E-state index contributed by atoms with van der Waals surface area (Å²) in [6.45, 7) is 10.8. The lowest BCUT2D eigenvalue weighted by Crippen LogP contribution is -2.40. The molecule has 0 nitrogen and oxygen atoms in total. The Morgan fingerprint density at radius 3 is 1.91 bits per heavy atom. The van der Waals surface area contributed by atoms with Gasteiger partial charge in [-0.1, -0.05) is 40.9 Å². The number of hydrogen-bond acceptors (Lipinski definition) is 0. The van der Waals surface area contributed by atoms with Gasteiger partial charge in [0.05, 0.1) is 0 Å². The second kappa shape index (κ2) is 4.40. The first-order valence-corrected chi connectivity index (χ1v) is 4.86. The minimum absolute atomic E-state index is 0.102. The smallest absolute Gasteiger partial charge is 0.129 e. The lowest BCUT2D eigenvalue weighted by Gasteiger charge is -2.35. The molecule has 2 atom stereocenters. The average Bonchev–Trinajstić information content (AvgIpc) is 2.01. The zero-order valence-electron chi connectivity index (χ0n) is 8.32. The van der Waals surface area contributed by atoms with Crippen molar-refractivity contribution < 1.29 is 0 Å². The van der Waals surface area contributed by atoms with E-state index in [1.165, 1.54) is 0 Å². The Kier molecular flexibility index (Phi) is 4.54. The summed E-state index contributed by atoms with van der Waals surface area (Å²) in [5.41, 5.74) is 0. The van der Waals surface area contributed by atoms with E-state index in [0.717, 1.165) is 6.42 Å². The quantitative estimate of drug-likeness (QED) is 0.452. The monoisotopic (exact) mass is 173 g/mol. The van der Waals surface area contributed by atoms with Crippen molar-refractivity contribution in [3.8, 4) is 0 Å². The largest absolute Gasteiger partial charge is 0.135 e. The van der Waals surface area contributed by atoms with Gasteiger partial charge in [0.25, 0.3) is 0 Å². The van der Waals surface area contributed by atoms with E-state index in [9.17, 15) is 0 Å². The maximum absolute atomic E-state index is 6.45. The summed E-state index contributed by atoms with van der Waals surface area (Å²) >= 11 is 6.45. The van der Waals surface area contributed by atoms with Crippen LogP contribution in [0.15, 0.2) is 0 Å². The first-order chi connectivity index (χ1) is 4.99. The molecule has 0 aromatic heterocycles. The minimum Gasteiger partial charge on any atom is -0.129 e. The zero-order chi connectivity index (χ0) is 9.07. The van der Waals surface area contributed by atoms with E-state index in [0.29, 0.717) is 11.8 Å². The van der Waals surface area contributed by atoms with Crippen LogP contribution in [-0.2, 0) is 0 Å². The first-order valence-electron chi connectivity index (χ1n) is 4.48. The summed E-state index contributed by atoms with van der Waals surface area (Å²) in [6, 6.07) is 0. The molecular weight excluding hydrogens is 154 g/mol. The molecule has 0 aromatic rings. The molecule has 0 amide bonds. The van der Waals surface area contributed by atoms with Crippen LogP contribution in [0.5, 0.6) is 0 Å². The van der Waals surface area contributed by atoms with Crippen LogP contribution in [0.2, 0.25) is 6.82 Å². The van der Waals surface area contributed by atoms with Crippen molar-refractivity contribution in [1.82, 2.24) is 0 Å². The second-order valence-corrected chi connectivity index (χ2v) is 4.23. The van der Waals surface area contributed by atoms with Gasteiger partial charge in [-0.3, -0.25) is 0 Å². The van der Waals surface area contributed by atoms with Gasteiger partial charge in [-0.2, -0.15) is 0 Å². The molecule has 0 saturated heterocycles. The Morgan fingerprint density at radius 2 is 1.82 bits per heavy atom. The van der Waals surface area contributed by atoms with E-state index < -0.39 is 0 Å². The fraction of sp³-hybridized carbons (Fsp3) is 1.00. The third kappa shape index (κ3) is 2.40. The van der Waals surface area contributed by atoms with E-state index in [2.05, 4.69) is 41.8 Å². The predicted molar refractivity (Wildman–Crippen MR) is 54.5 cm³/mol. The highest BCUT2D eigenvalue weighted by atomic mass is 35.5. The summed E-state index contributed by atoms with van der Waals surface area (Å²) in [4.78, 5) is 0. The molecule has 65 valence electrons. The molecule has 0 aliphatic heterocycles.